The fraction of sp³-hybridized carbons (Fsp3) is 0.379. The van der Waals surface area contributed by atoms with Crippen molar-refractivity contribution in [1.82, 2.24) is 0 Å². The molecule has 0 bridgehead atoms. The van der Waals surface area contributed by atoms with Crippen LogP contribution in [0, 0.1) is 17.0 Å². The third-order valence-electron chi connectivity index (χ3n) is 6.54. The van der Waals surface area contributed by atoms with Crippen molar-refractivity contribution in [3.8, 4) is 11.5 Å². The van der Waals surface area contributed by atoms with Crippen molar-refractivity contribution >= 4 is 34.1 Å². The minimum Gasteiger partial charge on any atom is -0.495 e. The van der Waals surface area contributed by atoms with Gasteiger partial charge < -0.3 is 37.3 Å². The zero-order valence-corrected chi connectivity index (χ0v) is 23.6. The van der Waals surface area contributed by atoms with Crippen molar-refractivity contribution in [1.29, 1.82) is 0 Å². The maximum Gasteiger partial charge on any atom is 0.269 e. The van der Waals surface area contributed by atoms with E-state index in [1.165, 1.54) is 99.6 Å². The molecule has 2 aliphatic rings. The number of hydrogen-bond donors (Lipinski definition) is 4. The first-order valence-corrected chi connectivity index (χ1v) is 13.1. The number of methoxy groups -OCH3 is 2. The number of ether oxygens (including phenoxy) is 2. The van der Waals surface area contributed by atoms with Crippen molar-refractivity contribution < 1.29 is 14.4 Å². The Kier molecular flexibility index (Phi) is 11.5. The summed E-state index contributed by atoms with van der Waals surface area (Å²) in [5.41, 5.74) is 31.1. The standard InChI is InChI=1S/C13H18N2.C8H12N2O2.C6H6N2O2.C2H6/c1-9-11-5-3-7-15-6-2-4-10(13(11)15)8-12(9)14;1-11-7-3-6(10)8(12-2)4-5(7)9;7-5-1-3-6(4-2-5)8(9)10;1-2/h8H,2-7,14H2,1H3;3-4H,9-10H2,1-2H3;1-4H,7H2;1-2H3. The fourth-order valence-corrected chi connectivity index (χ4v) is 4.58. The first-order chi connectivity index (χ1) is 18.7. The fourth-order valence-electron chi connectivity index (χ4n) is 4.58. The molecule has 3 aromatic carbocycles. The van der Waals surface area contributed by atoms with E-state index in [0.717, 1.165) is 5.69 Å². The molecule has 0 radical (unpaired) electrons. The molecule has 39 heavy (non-hydrogen) atoms. The van der Waals surface area contributed by atoms with Gasteiger partial charge in [0, 0.05) is 54.4 Å². The van der Waals surface area contributed by atoms with E-state index in [1.807, 2.05) is 13.8 Å². The quantitative estimate of drug-likeness (QED) is 0.195. The number of nitro benzene ring substituents is 1. The molecule has 0 unspecified atom stereocenters. The molecular weight excluding hydrogens is 496 g/mol. The van der Waals surface area contributed by atoms with Gasteiger partial charge in [-0.25, -0.2) is 0 Å². The van der Waals surface area contributed by atoms with Crippen molar-refractivity contribution in [3.05, 3.63) is 69.3 Å². The minimum atomic E-state index is -0.459. The molecule has 10 nitrogen and oxygen atoms in total. The summed E-state index contributed by atoms with van der Waals surface area (Å²) in [7, 11) is 3.08. The number of benzene rings is 3. The zero-order chi connectivity index (χ0) is 29.1. The number of hydrogen-bond acceptors (Lipinski definition) is 9. The number of nitrogens with two attached hydrogens (primary N) is 4. The van der Waals surface area contributed by atoms with Crippen LogP contribution in [0.4, 0.5) is 34.1 Å². The van der Waals surface area contributed by atoms with Crippen LogP contribution in [0.15, 0.2) is 42.5 Å². The van der Waals surface area contributed by atoms with Crippen LogP contribution in [0.5, 0.6) is 11.5 Å². The van der Waals surface area contributed by atoms with Crippen LogP contribution in [0.25, 0.3) is 0 Å². The van der Waals surface area contributed by atoms with Gasteiger partial charge in [0.2, 0.25) is 0 Å². The highest BCUT2D eigenvalue weighted by Crippen LogP contribution is 2.39. The van der Waals surface area contributed by atoms with E-state index < -0.39 is 4.92 Å². The molecule has 0 fully saturated rings. The van der Waals surface area contributed by atoms with Gasteiger partial charge in [-0.3, -0.25) is 10.1 Å². The van der Waals surface area contributed by atoms with Gasteiger partial charge in [0.1, 0.15) is 11.5 Å². The molecule has 0 saturated heterocycles. The molecule has 0 spiro atoms. The molecular formula is C29H42N6O4. The van der Waals surface area contributed by atoms with E-state index in [4.69, 9.17) is 32.4 Å². The molecule has 0 aromatic heterocycles. The van der Waals surface area contributed by atoms with Gasteiger partial charge in [0.15, 0.2) is 0 Å². The smallest absolute Gasteiger partial charge is 0.269 e. The summed E-state index contributed by atoms with van der Waals surface area (Å²) in [6.45, 7) is 8.65. The summed E-state index contributed by atoms with van der Waals surface area (Å²) in [4.78, 5) is 12.2. The minimum absolute atomic E-state index is 0.0641. The molecule has 0 amide bonds. The average Bonchev–Trinajstić information content (AvgIpc) is 2.95. The molecule has 2 heterocycles. The van der Waals surface area contributed by atoms with E-state index in [2.05, 4.69) is 17.9 Å². The van der Waals surface area contributed by atoms with Gasteiger partial charge in [-0.05, 0) is 67.5 Å². The normalized spacial score (nSPS) is 12.7. The monoisotopic (exact) mass is 538 g/mol. The molecule has 212 valence electrons. The van der Waals surface area contributed by atoms with Gasteiger partial charge in [0.25, 0.3) is 5.69 Å². The van der Waals surface area contributed by atoms with E-state index in [1.54, 1.807) is 12.1 Å². The third kappa shape index (κ3) is 7.83. The van der Waals surface area contributed by atoms with Crippen LogP contribution < -0.4 is 37.3 Å². The Morgan fingerprint density at radius 1 is 0.821 bits per heavy atom. The summed E-state index contributed by atoms with van der Waals surface area (Å²) < 4.78 is 9.93. The highest BCUT2D eigenvalue weighted by atomic mass is 16.6. The number of nitrogen functional groups attached to an aromatic ring is 4. The lowest BCUT2D eigenvalue weighted by atomic mass is 9.88. The summed E-state index contributed by atoms with van der Waals surface area (Å²) in [5.74, 6) is 1.13. The second-order valence-corrected chi connectivity index (χ2v) is 8.96. The lowest BCUT2D eigenvalue weighted by molar-refractivity contribution is -0.384. The number of aryl methyl sites for hydroxylation is 1. The molecule has 0 saturated carbocycles. The van der Waals surface area contributed by atoms with Crippen molar-refractivity contribution in [2.45, 2.75) is 46.5 Å². The first-order valence-electron chi connectivity index (χ1n) is 13.1. The van der Waals surface area contributed by atoms with Crippen molar-refractivity contribution in [3.63, 3.8) is 0 Å². The lowest BCUT2D eigenvalue weighted by Gasteiger charge is -2.38. The van der Waals surface area contributed by atoms with Gasteiger partial charge >= 0.3 is 0 Å². The number of nitro groups is 1. The molecule has 0 aliphatic carbocycles. The van der Waals surface area contributed by atoms with Crippen LogP contribution >= 0.6 is 0 Å². The Morgan fingerprint density at radius 3 is 1.82 bits per heavy atom. The van der Waals surface area contributed by atoms with Crippen molar-refractivity contribution in [2.75, 3.05) is 55.1 Å². The van der Waals surface area contributed by atoms with Crippen LogP contribution in [-0.2, 0) is 12.8 Å². The highest BCUT2D eigenvalue weighted by Gasteiger charge is 2.25. The summed E-state index contributed by atoms with van der Waals surface area (Å²) in [6.07, 6.45) is 5.00. The molecule has 5 rings (SSSR count). The Balaban J connectivity index is 0.000000203. The van der Waals surface area contributed by atoms with E-state index in [-0.39, 0.29) is 5.69 Å². The van der Waals surface area contributed by atoms with Crippen LogP contribution in [0.1, 0.15) is 43.4 Å². The van der Waals surface area contributed by atoms with Crippen LogP contribution in [-0.4, -0.2) is 32.2 Å². The topological polar surface area (TPSA) is 169 Å². The first kappa shape index (κ1) is 30.9. The Morgan fingerprint density at radius 2 is 1.33 bits per heavy atom. The maximum atomic E-state index is 10.1. The predicted molar refractivity (Wildman–Crippen MR) is 162 cm³/mol. The largest absolute Gasteiger partial charge is 0.495 e. The van der Waals surface area contributed by atoms with Crippen LogP contribution in [0.3, 0.4) is 0 Å². The van der Waals surface area contributed by atoms with Gasteiger partial charge in [-0.1, -0.05) is 13.8 Å². The highest BCUT2D eigenvalue weighted by molar-refractivity contribution is 5.71. The Labute approximate surface area is 231 Å². The van der Waals surface area contributed by atoms with Gasteiger partial charge in [-0.2, -0.15) is 0 Å². The molecule has 8 N–H and O–H groups in total. The summed E-state index contributed by atoms with van der Waals surface area (Å²) in [5, 5.41) is 10.1. The molecule has 0 atom stereocenters. The van der Waals surface area contributed by atoms with E-state index >= 15 is 0 Å². The van der Waals surface area contributed by atoms with Gasteiger partial charge in [-0.15, -0.1) is 0 Å². The Bertz CT molecular complexity index is 1220. The second-order valence-electron chi connectivity index (χ2n) is 8.96. The molecule has 3 aromatic rings. The summed E-state index contributed by atoms with van der Waals surface area (Å²) in [6, 6.07) is 11.2. The van der Waals surface area contributed by atoms with E-state index in [9.17, 15) is 10.1 Å². The summed E-state index contributed by atoms with van der Waals surface area (Å²) >= 11 is 0. The van der Waals surface area contributed by atoms with E-state index in [0.29, 0.717) is 28.6 Å². The number of nitrogens with zero attached hydrogens (tertiary/aromatic N) is 2. The maximum absolute atomic E-state index is 10.1. The van der Waals surface area contributed by atoms with Crippen LogP contribution in [0.2, 0.25) is 0 Å². The zero-order valence-electron chi connectivity index (χ0n) is 23.6. The molecule has 10 heteroatoms. The predicted octanol–water partition coefficient (Wildman–Crippen LogP) is 5.35. The number of non-ortho nitro benzene ring substituents is 1. The lowest BCUT2D eigenvalue weighted by Crippen LogP contribution is -2.35. The average molecular weight is 539 g/mol. The SMILES string of the molecule is CC.COc1cc(N)c(OC)cc1N.Cc1c(N)cc2c3c1CCCN3CCC2.Nc1ccc([N+](=O)[O-])cc1. The number of rotatable bonds is 3. The second kappa shape index (κ2) is 14.6. The van der Waals surface area contributed by atoms with Crippen molar-refractivity contribution in [2.24, 2.45) is 0 Å². The van der Waals surface area contributed by atoms with Gasteiger partial charge in [0.05, 0.1) is 30.5 Å². The Hall–Kier alpha value is -4.34. The number of anilines is 5. The molecule has 2 aliphatic heterocycles. The third-order valence-corrected chi connectivity index (χ3v) is 6.54.